The zero-order valence-corrected chi connectivity index (χ0v) is 9.69. The summed E-state index contributed by atoms with van der Waals surface area (Å²) in [4.78, 5) is 7.07. The molecule has 3 aromatic rings. The minimum Gasteiger partial charge on any atom is -0.423 e. The molecule has 0 saturated heterocycles. The van der Waals surface area contributed by atoms with Crippen molar-refractivity contribution in [3.63, 3.8) is 0 Å². The summed E-state index contributed by atoms with van der Waals surface area (Å²) in [5.41, 5.74) is 2.65. The molecular weight excluding hydrogens is 227 g/mol. The van der Waals surface area contributed by atoms with Crippen molar-refractivity contribution < 1.29 is 10.0 Å². The number of imidazole rings is 1. The number of rotatable bonds is 1. The molecule has 5 heteroatoms. The van der Waals surface area contributed by atoms with Gasteiger partial charge < -0.3 is 15.0 Å². The van der Waals surface area contributed by atoms with Crippen molar-refractivity contribution in [3.8, 4) is 0 Å². The van der Waals surface area contributed by atoms with E-state index in [1.807, 2.05) is 30.3 Å². The van der Waals surface area contributed by atoms with Crippen molar-refractivity contribution in [1.29, 1.82) is 0 Å². The van der Waals surface area contributed by atoms with E-state index in [-0.39, 0.29) is 0 Å². The Kier molecular flexibility index (Phi) is 4.12. The first kappa shape index (κ1) is 12.4. The topological polar surface area (TPSA) is 69.1 Å². The van der Waals surface area contributed by atoms with Gasteiger partial charge in [-0.3, -0.25) is 0 Å². The number of hydrogen-bond donors (Lipinski definition) is 3. The first-order chi connectivity index (χ1) is 8.77. The van der Waals surface area contributed by atoms with Gasteiger partial charge in [-0.05, 0) is 17.6 Å². The molecule has 3 rings (SSSR count). The van der Waals surface area contributed by atoms with Gasteiger partial charge in [0, 0.05) is 0 Å². The van der Waals surface area contributed by atoms with Gasteiger partial charge in [-0.15, -0.1) is 0 Å². The second-order valence-corrected chi connectivity index (χ2v) is 3.70. The van der Waals surface area contributed by atoms with Gasteiger partial charge in [0.2, 0.25) is 0 Å². The second-order valence-electron chi connectivity index (χ2n) is 3.70. The molecule has 0 fully saturated rings. The van der Waals surface area contributed by atoms with Crippen LogP contribution >= 0.6 is 0 Å². The molecule has 0 atom stereocenters. The van der Waals surface area contributed by atoms with Crippen LogP contribution in [0.15, 0.2) is 60.9 Å². The largest absolute Gasteiger partial charge is 0.488 e. The molecule has 0 saturated carbocycles. The van der Waals surface area contributed by atoms with Crippen LogP contribution in [0.3, 0.4) is 0 Å². The van der Waals surface area contributed by atoms with Gasteiger partial charge in [0.05, 0.1) is 17.4 Å². The fraction of sp³-hybridized carbons (Fsp3) is 0. The van der Waals surface area contributed by atoms with Crippen molar-refractivity contribution in [2.75, 3.05) is 0 Å². The molecule has 0 aliphatic carbocycles. The van der Waals surface area contributed by atoms with Crippen molar-refractivity contribution >= 4 is 23.6 Å². The molecule has 4 nitrogen and oxygen atoms in total. The van der Waals surface area contributed by atoms with Gasteiger partial charge >= 0.3 is 7.12 Å². The maximum Gasteiger partial charge on any atom is 0.488 e. The molecule has 1 heterocycles. The Morgan fingerprint density at radius 1 is 0.889 bits per heavy atom. The molecule has 0 spiro atoms. The lowest BCUT2D eigenvalue weighted by molar-refractivity contribution is 0.426. The third-order valence-corrected chi connectivity index (χ3v) is 2.43. The Morgan fingerprint density at radius 3 is 2.17 bits per heavy atom. The number of fused-ring (bicyclic) bond motifs is 1. The first-order valence-electron chi connectivity index (χ1n) is 5.56. The van der Waals surface area contributed by atoms with Crippen LogP contribution in [0.25, 0.3) is 11.0 Å². The summed E-state index contributed by atoms with van der Waals surface area (Å²) in [6.07, 6.45) is 1.70. The molecule has 0 unspecified atom stereocenters. The van der Waals surface area contributed by atoms with Gasteiger partial charge in [0.1, 0.15) is 0 Å². The predicted octanol–water partition coefficient (Wildman–Crippen LogP) is 0.929. The summed E-state index contributed by atoms with van der Waals surface area (Å²) in [7, 11) is -1.34. The van der Waals surface area contributed by atoms with Gasteiger partial charge in [0.25, 0.3) is 0 Å². The van der Waals surface area contributed by atoms with Crippen molar-refractivity contribution in [2.24, 2.45) is 0 Å². The highest BCUT2D eigenvalue weighted by Gasteiger charge is 2.07. The summed E-state index contributed by atoms with van der Waals surface area (Å²) in [5, 5.41) is 17.2. The van der Waals surface area contributed by atoms with E-state index in [1.54, 1.807) is 30.6 Å². The Hall–Kier alpha value is -2.11. The summed E-state index contributed by atoms with van der Waals surface area (Å²) in [6.45, 7) is 0. The maximum absolute atomic E-state index is 8.58. The summed E-state index contributed by atoms with van der Waals surface area (Å²) < 4.78 is 0. The highest BCUT2D eigenvalue weighted by molar-refractivity contribution is 6.58. The predicted molar refractivity (Wildman–Crippen MR) is 72.4 cm³/mol. The van der Waals surface area contributed by atoms with E-state index in [0.717, 1.165) is 11.0 Å². The average Bonchev–Trinajstić information content (AvgIpc) is 2.89. The molecule has 2 aromatic carbocycles. The number of hydrogen-bond acceptors (Lipinski definition) is 3. The number of para-hydroxylation sites is 2. The summed E-state index contributed by atoms with van der Waals surface area (Å²) >= 11 is 0. The Labute approximate surface area is 105 Å². The zero-order valence-electron chi connectivity index (χ0n) is 9.69. The lowest BCUT2D eigenvalue weighted by Crippen LogP contribution is -2.29. The average molecular weight is 240 g/mol. The molecule has 0 aliphatic rings. The minimum atomic E-state index is -1.34. The van der Waals surface area contributed by atoms with E-state index in [0.29, 0.717) is 5.46 Å². The van der Waals surface area contributed by atoms with Crippen LogP contribution in [0.1, 0.15) is 0 Å². The number of nitrogens with zero attached hydrogens (tertiary/aromatic N) is 1. The van der Waals surface area contributed by atoms with Crippen LogP contribution in [-0.4, -0.2) is 27.1 Å². The third kappa shape index (κ3) is 3.19. The number of H-pyrrole nitrogens is 1. The molecule has 0 radical (unpaired) electrons. The molecule has 0 amide bonds. The van der Waals surface area contributed by atoms with E-state index < -0.39 is 7.12 Å². The summed E-state index contributed by atoms with van der Waals surface area (Å²) in [5.74, 6) is 0. The van der Waals surface area contributed by atoms with Crippen LogP contribution < -0.4 is 5.46 Å². The van der Waals surface area contributed by atoms with E-state index in [4.69, 9.17) is 10.0 Å². The van der Waals surface area contributed by atoms with E-state index in [9.17, 15) is 0 Å². The van der Waals surface area contributed by atoms with Crippen LogP contribution in [-0.2, 0) is 0 Å². The monoisotopic (exact) mass is 240 g/mol. The van der Waals surface area contributed by atoms with Crippen molar-refractivity contribution in [1.82, 2.24) is 9.97 Å². The van der Waals surface area contributed by atoms with Gasteiger partial charge in [-0.1, -0.05) is 42.5 Å². The zero-order chi connectivity index (χ0) is 12.8. The number of benzene rings is 2. The number of aromatic amines is 1. The fourth-order valence-corrected chi connectivity index (χ4v) is 1.50. The molecule has 90 valence electrons. The fourth-order valence-electron chi connectivity index (χ4n) is 1.50. The van der Waals surface area contributed by atoms with Crippen LogP contribution in [0.2, 0.25) is 0 Å². The lowest BCUT2D eigenvalue weighted by Gasteiger charge is -1.94. The Bertz CT molecular complexity index is 566. The van der Waals surface area contributed by atoms with E-state index >= 15 is 0 Å². The SMILES string of the molecule is OB(O)c1ccccc1.c1ccc2[nH]cnc2c1. The highest BCUT2D eigenvalue weighted by atomic mass is 16.4. The Balaban J connectivity index is 0.000000134. The molecule has 0 bridgehead atoms. The number of nitrogens with one attached hydrogen (secondary N) is 1. The number of aromatic nitrogens is 2. The van der Waals surface area contributed by atoms with Crippen molar-refractivity contribution in [3.05, 3.63) is 60.9 Å². The third-order valence-electron chi connectivity index (χ3n) is 2.43. The quantitative estimate of drug-likeness (QED) is 0.554. The second kappa shape index (κ2) is 6.00. The van der Waals surface area contributed by atoms with Gasteiger partial charge in [-0.25, -0.2) is 4.98 Å². The van der Waals surface area contributed by atoms with Gasteiger partial charge in [-0.2, -0.15) is 0 Å². The minimum absolute atomic E-state index is 0.525. The van der Waals surface area contributed by atoms with Crippen LogP contribution in [0, 0.1) is 0 Å². The molecular formula is C13H13BN2O2. The standard InChI is InChI=1S/C7H6N2.C6H7BO2/c1-2-4-7-6(3-1)8-5-9-7;8-7(9)6-4-2-1-3-5-6/h1-5H,(H,8,9);1-5,8-9H. The van der Waals surface area contributed by atoms with E-state index in [1.165, 1.54) is 0 Å². The van der Waals surface area contributed by atoms with Crippen LogP contribution in [0.4, 0.5) is 0 Å². The van der Waals surface area contributed by atoms with Crippen LogP contribution in [0.5, 0.6) is 0 Å². The highest BCUT2D eigenvalue weighted by Crippen LogP contribution is 2.05. The molecule has 18 heavy (non-hydrogen) atoms. The normalized spacial score (nSPS) is 9.67. The van der Waals surface area contributed by atoms with Gasteiger partial charge in [0.15, 0.2) is 0 Å². The lowest BCUT2D eigenvalue weighted by atomic mass is 9.81. The molecule has 1 aromatic heterocycles. The molecule has 0 aliphatic heterocycles. The maximum atomic E-state index is 8.58. The summed E-state index contributed by atoms with van der Waals surface area (Å²) in [6, 6.07) is 16.6. The smallest absolute Gasteiger partial charge is 0.423 e. The first-order valence-corrected chi connectivity index (χ1v) is 5.56. The van der Waals surface area contributed by atoms with E-state index in [2.05, 4.69) is 9.97 Å². The molecule has 3 N–H and O–H groups in total. The Morgan fingerprint density at radius 2 is 1.56 bits per heavy atom. The van der Waals surface area contributed by atoms with Crippen molar-refractivity contribution in [2.45, 2.75) is 0 Å².